The molecular formula is C28H25ClN2O5S. The van der Waals surface area contributed by atoms with E-state index in [0.717, 1.165) is 11.1 Å². The predicted molar refractivity (Wildman–Crippen MR) is 147 cm³/mol. The summed E-state index contributed by atoms with van der Waals surface area (Å²) < 4.78 is 16.2. The van der Waals surface area contributed by atoms with Crippen molar-refractivity contribution in [2.24, 2.45) is 4.99 Å². The number of hydrogen-bond donors (Lipinski definition) is 0. The Morgan fingerprint density at radius 1 is 1.05 bits per heavy atom. The van der Waals surface area contributed by atoms with E-state index in [9.17, 15) is 9.59 Å². The third kappa shape index (κ3) is 6.15. The van der Waals surface area contributed by atoms with Crippen LogP contribution in [-0.2, 0) is 16.1 Å². The molecule has 0 saturated carbocycles. The molecule has 1 heterocycles. The molecule has 190 valence electrons. The highest BCUT2D eigenvalue weighted by molar-refractivity contribution is 8.18. The molecule has 1 saturated heterocycles. The molecule has 0 aliphatic carbocycles. The zero-order chi connectivity index (χ0) is 26.4. The van der Waals surface area contributed by atoms with Crippen LogP contribution in [-0.4, -0.2) is 42.7 Å². The second-order valence-electron chi connectivity index (χ2n) is 7.89. The molecule has 4 rings (SSSR count). The molecule has 0 atom stereocenters. The van der Waals surface area contributed by atoms with Crippen LogP contribution >= 0.6 is 23.4 Å². The van der Waals surface area contributed by atoms with Crippen LogP contribution < -0.4 is 9.47 Å². The molecule has 7 nitrogen and oxygen atoms in total. The lowest BCUT2D eigenvalue weighted by Gasteiger charge is -2.12. The van der Waals surface area contributed by atoms with Gasteiger partial charge in [0.15, 0.2) is 16.7 Å². The van der Waals surface area contributed by atoms with Crippen LogP contribution in [0.5, 0.6) is 11.5 Å². The molecule has 3 aromatic rings. The molecule has 0 N–H and O–H groups in total. The molecule has 0 aromatic heterocycles. The maximum Gasteiger partial charge on any atom is 0.337 e. The minimum atomic E-state index is -0.446. The van der Waals surface area contributed by atoms with Crippen LogP contribution in [0.4, 0.5) is 5.69 Å². The first-order valence-corrected chi connectivity index (χ1v) is 12.7. The number of amides is 1. The second-order valence-corrected chi connectivity index (χ2v) is 9.30. The fraction of sp³-hybridized carbons (Fsp3) is 0.179. The van der Waals surface area contributed by atoms with Crippen LogP contribution in [0.1, 0.15) is 28.4 Å². The van der Waals surface area contributed by atoms with Gasteiger partial charge < -0.3 is 14.2 Å². The van der Waals surface area contributed by atoms with Crippen molar-refractivity contribution in [2.75, 3.05) is 20.8 Å². The predicted octanol–water partition coefficient (Wildman–Crippen LogP) is 6.34. The van der Waals surface area contributed by atoms with Crippen molar-refractivity contribution < 1.29 is 23.8 Å². The normalized spacial score (nSPS) is 15.4. The van der Waals surface area contributed by atoms with Gasteiger partial charge in [0.2, 0.25) is 0 Å². The first kappa shape index (κ1) is 26.3. The molecular weight excluding hydrogens is 512 g/mol. The Kier molecular flexibility index (Phi) is 8.53. The fourth-order valence-electron chi connectivity index (χ4n) is 3.62. The van der Waals surface area contributed by atoms with Gasteiger partial charge in [0.25, 0.3) is 5.91 Å². The van der Waals surface area contributed by atoms with E-state index < -0.39 is 5.97 Å². The summed E-state index contributed by atoms with van der Waals surface area (Å²) >= 11 is 7.50. The Morgan fingerprint density at radius 3 is 2.59 bits per heavy atom. The lowest BCUT2D eigenvalue weighted by atomic mass is 10.1. The van der Waals surface area contributed by atoms with Gasteiger partial charge >= 0.3 is 5.97 Å². The summed E-state index contributed by atoms with van der Waals surface area (Å²) in [5.74, 6) is 0.516. The lowest BCUT2D eigenvalue weighted by molar-refractivity contribution is -0.122. The number of amidine groups is 1. The van der Waals surface area contributed by atoms with Crippen LogP contribution in [0, 0.1) is 0 Å². The summed E-state index contributed by atoms with van der Waals surface area (Å²) in [6.45, 7) is 2.64. The quantitative estimate of drug-likeness (QED) is 0.247. The fourth-order valence-corrected chi connectivity index (χ4v) is 4.87. The van der Waals surface area contributed by atoms with Crippen molar-refractivity contribution in [3.63, 3.8) is 0 Å². The van der Waals surface area contributed by atoms with Gasteiger partial charge in [-0.1, -0.05) is 41.9 Å². The summed E-state index contributed by atoms with van der Waals surface area (Å²) in [7, 11) is 2.89. The number of likely N-dealkylation sites (N-methyl/N-ethyl adjacent to an activating group) is 1. The van der Waals surface area contributed by atoms with Crippen molar-refractivity contribution >= 4 is 52.2 Å². The summed E-state index contributed by atoms with van der Waals surface area (Å²) in [6, 6.07) is 19.7. The monoisotopic (exact) mass is 536 g/mol. The molecule has 0 radical (unpaired) electrons. The number of hydrogen-bond acceptors (Lipinski definition) is 7. The van der Waals surface area contributed by atoms with Gasteiger partial charge in [-0.3, -0.25) is 9.69 Å². The average molecular weight is 537 g/mol. The zero-order valence-corrected chi connectivity index (χ0v) is 22.1. The van der Waals surface area contributed by atoms with E-state index >= 15 is 0 Å². The Morgan fingerprint density at radius 2 is 1.86 bits per heavy atom. The first-order valence-electron chi connectivity index (χ1n) is 11.5. The number of halogens is 1. The van der Waals surface area contributed by atoms with E-state index in [-0.39, 0.29) is 5.91 Å². The number of nitrogens with zero attached hydrogens (tertiary/aromatic N) is 2. The van der Waals surface area contributed by atoms with Crippen molar-refractivity contribution in [3.8, 4) is 11.5 Å². The smallest absolute Gasteiger partial charge is 0.337 e. The molecule has 37 heavy (non-hydrogen) atoms. The molecule has 1 fully saturated rings. The summed E-state index contributed by atoms with van der Waals surface area (Å²) in [6.07, 6.45) is 1.80. The number of carbonyl (C=O) groups excluding carboxylic acids is 2. The van der Waals surface area contributed by atoms with Gasteiger partial charge in [-0.05, 0) is 66.7 Å². The summed E-state index contributed by atoms with van der Waals surface area (Å²) in [5.41, 5.74) is 2.60. The van der Waals surface area contributed by atoms with Crippen molar-refractivity contribution in [1.29, 1.82) is 0 Å². The van der Waals surface area contributed by atoms with E-state index in [1.165, 1.54) is 18.9 Å². The summed E-state index contributed by atoms with van der Waals surface area (Å²) in [5, 5.41) is 1.17. The second kappa shape index (κ2) is 12.0. The number of esters is 1. The topological polar surface area (TPSA) is 77.4 Å². The largest absolute Gasteiger partial charge is 0.493 e. The molecule has 9 heteroatoms. The van der Waals surface area contributed by atoms with Gasteiger partial charge in [-0.25, -0.2) is 9.79 Å². The maximum absolute atomic E-state index is 13.1. The van der Waals surface area contributed by atoms with Crippen molar-refractivity contribution in [1.82, 2.24) is 4.90 Å². The van der Waals surface area contributed by atoms with Gasteiger partial charge in [-0.2, -0.15) is 0 Å². The van der Waals surface area contributed by atoms with Crippen molar-refractivity contribution in [2.45, 2.75) is 13.5 Å². The number of ether oxygens (including phenoxy) is 3. The lowest BCUT2D eigenvalue weighted by Crippen LogP contribution is -2.28. The Labute approximate surface area is 224 Å². The standard InChI is InChI=1S/C28H25ClN2O5S/c1-4-31-26(32)25(37-28(31)30-21-10-7-9-19(16-21)27(33)35-3)15-18-12-13-23(24(14-18)34-2)36-17-20-8-5-6-11-22(20)29/h5-16H,4,17H2,1-3H3. The molecule has 0 bridgehead atoms. The number of aliphatic imine (C=N–C) groups is 1. The van der Waals surface area contributed by atoms with Crippen molar-refractivity contribution in [3.05, 3.63) is 93.3 Å². The molecule has 1 amide bonds. The molecule has 1 aliphatic heterocycles. The SMILES string of the molecule is CCN1C(=O)C(=Cc2ccc(OCc3ccccc3Cl)c(OC)c2)SC1=Nc1cccc(C(=O)OC)c1. The van der Waals surface area contributed by atoms with Gasteiger partial charge in [0.1, 0.15) is 6.61 Å². The highest BCUT2D eigenvalue weighted by Crippen LogP contribution is 2.36. The molecule has 1 aliphatic rings. The van der Waals surface area contributed by atoms with Gasteiger partial charge in [0.05, 0.1) is 30.4 Å². The van der Waals surface area contributed by atoms with Crippen LogP contribution in [0.15, 0.2) is 76.6 Å². The summed E-state index contributed by atoms with van der Waals surface area (Å²) in [4.78, 5) is 31.7. The number of carbonyl (C=O) groups is 2. The van der Waals surface area contributed by atoms with E-state index in [0.29, 0.717) is 51.0 Å². The van der Waals surface area contributed by atoms with E-state index in [1.807, 2.05) is 43.3 Å². The highest BCUT2D eigenvalue weighted by atomic mass is 35.5. The minimum absolute atomic E-state index is 0.145. The van der Waals surface area contributed by atoms with Gasteiger partial charge in [0, 0.05) is 17.1 Å². The van der Waals surface area contributed by atoms with E-state index in [4.69, 9.17) is 25.8 Å². The molecule has 0 spiro atoms. The number of thioether (sulfide) groups is 1. The maximum atomic E-state index is 13.1. The van der Waals surface area contributed by atoms with Crippen LogP contribution in [0.25, 0.3) is 6.08 Å². The average Bonchev–Trinajstić information content (AvgIpc) is 3.21. The van der Waals surface area contributed by atoms with Crippen LogP contribution in [0.2, 0.25) is 5.02 Å². The Bertz CT molecular complexity index is 1390. The van der Waals surface area contributed by atoms with E-state index in [2.05, 4.69) is 4.99 Å². The van der Waals surface area contributed by atoms with Crippen LogP contribution in [0.3, 0.4) is 0 Å². The number of benzene rings is 3. The van der Waals surface area contributed by atoms with E-state index in [1.54, 1.807) is 48.4 Å². The first-order chi connectivity index (χ1) is 17.9. The Balaban J connectivity index is 1.56. The molecule has 0 unspecified atom stereocenters. The minimum Gasteiger partial charge on any atom is -0.493 e. The zero-order valence-electron chi connectivity index (χ0n) is 20.6. The third-order valence-corrected chi connectivity index (χ3v) is 6.90. The molecule has 3 aromatic carbocycles. The Hall–Kier alpha value is -3.75. The highest BCUT2D eigenvalue weighted by Gasteiger charge is 2.32. The third-order valence-electron chi connectivity index (χ3n) is 5.52. The number of methoxy groups -OCH3 is 2. The van der Waals surface area contributed by atoms with Gasteiger partial charge in [-0.15, -0.1) is 0 Å². The number of rotatable bonds is 8.